The molecule has 1 saturated carbocycles. The Labute approximate surface area is 154 Å². The van der Waals surface area contributed by atoms with Gasteiger partial charge in [-0.25, -0.2) is 0 Å². The van der Waals surface area contributed by atoms with E-state index in [4.69, 9.17) is 4.74 Å². The number of ether oxygens (including phenoxy) is 1. The molecule has 1 aromatic heterocycles. The van der Waals surface area contributed by atoms with Crippen molar-refractivity contribution in [1.82, 2.24) is 14.8 Å². The number of likely N-dealkylation sites (tertiary alicyclic amines) is 1. The highest BCUT2D eigenvalue weighted by Crippen LogP contribution is 2.34. The van der Waals surface area contributed by atoms with Gasteiger partial charge in [0.25, 0.3) is 0 Å². The van der Waals surface area contributed by atoms with Gasteiger partial charge in [-0.2, -0.15) is 0 Å². The largest absolute Gasteiger partial charge is 0.363 e. The zero-order chi connectivity index (χ0) is 17.7. The van der Waals surface area contributed by atoms with Gasteiger partial charge in [-0.3, -0.25) is 9.69 Å². The summed E-state index contributed by atoms with van der Waals surface area (Å²) >= 11 is 0. The van der Waals surface area contributed by atoms with Crippen LogP contribution in [0.2, 0.25) is 0 Å². The van der Waals surface area contributed by atoms with Crippen molar-refractivity contribution in [3.05, 3.63) is 36.0 Å². The SMILES string of the molecule is Cn1cc(CN2CC[C@@H]3O[C@@H](C(=O)NC4CC4)CC[C@@H]32)c2ccccc21. The molecule has 138 valence electrons. The Balaban J connectivity index is 1.27. The molecule has 1 aromatic carbocycles. The second-order valence-corrected chi connectivity index (χ2v) is 8.13. The summed E-state index contributed by atoms with van der Waals surface area (Å²) in [5, 5.41) is 4.44. The lowest BCUT2D eigenvalue weighted by Gasteiger charge is -2.35. The molecule has 3 aliphatic rings. The Morgan fingerprint density at radius 1 is 1.19 bits per heavy atom. The van der Waals surface area contributed by atoms with Crippen LogP contribution in [0.1, 0.15) is 37.7 Å². The summed E-state index contributed by atoms with van der Waals surface area (Å²) < 4.78 is 8.42. The van der Waals surface area contributed by atoms with Crippen molar-refractivity contribution in [3.8, 4) is 0 Å². The molecule has 2 saturated heterocycles. The Bertz CT molecular complexity index is 826. The lowest BCUT2D eigenvalue weighted by Crippen LogP contribution is -2.48. The van der Waals surface area contributed by atoms with Crippen LogP contribution < -0.4 is 5.32 Å². The maximum absolute atomic E-state index is 12.3. The van der Waals surface area contributed by atoms with Crippen LogP contribution in [0.15, 0.2) is 30.5 Å². The Kier molecular flexibility index (Phi) is 4.02. The smallest absolute Gasteiger partial charge is 0.249 e. The molecule has 0 spiro atoms. The van der Waals surface area contributed by atoms with E-state index >= 15 is 0 Å². The summed E-state index contributed by atoms with van der Waals surface area (Å²) in [4.78, 5) is 14.9. The average molecular weight is 353 g/mol. The number of fused-ring (bicyclic) bond motifs is 2. The molecular weight excluding hydrogens is 326 g/mol. The number of para-hydroxylation sites is 1. The highest BCUT2D eigenvalue weighted by atomic mass is 16.5. The molecule has 0 radical (unpaired) electrons. The van der Waals surface area contributed by atoms with E-state index in [1.54, 1.807) is 0 Å². The predicted octanol–water partition coefficient (Wildman–Crippen LogP) is 2.58. The number of aromatic nitrogens is 1. The van der Waals surface area contributed by atoms with Gasteiger partial charge in [-0.05, 0) is 43.7 Å². The zero-order valence-electron chi connectivity index (χ0n) is 15.4. The Hall–Kier alpha value is -1.85. The van der Waals surface area contributed by atoms with Gasteiger partial charge in [0.05, 0.1) is 6.10 Å². The van der Waals surface area contributed by atoms with Crippen molar-refractivity contribution in [2.45, 2.75) is 62.9 Å². The van der Waals surface area contributed by atoms with E-state index in [0.29, 0.717) is 12.1 Å². The quantitative estimate of drug-likeness (QED) is 0.919. The number of benzene rings is 1. The van der Waals surface area contributed by atoms with E-state index in [-0.39, 0.29) is 18.1 Å². The Morgan fingerprint density at radius 2 is 2.04 bits per heavy atom. The van der Waals surface area contributed by atoms with Crippen molar-refractivity contribution in [2.24, 2.45) is 7.05 Å². The molecular formula is C21H27N3O2. The molecule has 0 bridgehead atoms. The molecule has 5 nitrogen and oxygen atoms in total. The third-order valence-electron chi connectivity index (χ3n) is 6.23. The molecule has 3 heterocycles. The lowest BCUT2D eigenvalue weighted by atomic mass is 9.98. The van der Waals surface area contributed by atoms with E-state index in [2.05, 4.69) is 52.3 Å². The first-order valence-electron chi connectivity index (χ1n) is 9.92. The van der Waals surface area contributed by atoms with E-state index in [1.807, 2.05) is 0 Å². The monoisotopic (exact) mass is 353 g/mol. The first-order chi connectivity index (χ1) is 12.7. The molecule has 5 rings (SSSR count). The predicted molar refractivity (Wildman–Crippen MR) is 101 cm³/mol. The molecule has 2 aliphatic heterocycles. The summed E-state index contributed by atoms with van der Waals surface area (Å²) in [6, 6.07) is 9.46. The number of nitrogens with zero attached hydrogens (tertiary/aromatic N) is 2. The normalized spacial score (nSPS) is 29.0. The molecule has 1 amide bonds. The molecule has 2 aromatic rings. The fourth-order valence-corrected chi connectivity index (χ4v) is 4.70. The van der Waals surface area contributed by atoms with Gasteiger partial charge in [0.1, 0.15) is 6.10 Å². The van der Waals surface area contributed by atoms with Gasteiger partial charge in [-0.1, -0.05) is 18.2 Å². The molecule has 26 heavy (non-hydrogen) atoms. The molecule has 5 heteroatoms. The third-order valence-corrected chi connectivity index (χ3v) is 6.23. The van der Waals surface area contributed by atoms with Crippen molar-refractivity contribution >= 4 is 16.8 Å². The number of carbonyl (C=O) groups excluding carboxylic acids is 1. The summed E-state index contributed by atoms with van der Waals surface area (Å²) in [6.45, 7) is 2.01. The third kappa shape index (κ3) is 2.93. The highest BCUT2D eigenvalue weighted by molar-refractivity contribution is 5.84. The fourth-order valence-electron chi connectivity index (χ4n) is 4.70. The standard InChI is InChI=1S/C21H27N3O2/c1-23-12-14(16-4-2-3-5-17(16)23)13-24-11-10-19-18(24)8-9-20(26-19)21(25)22-15-6-7-15/h2-5,12,15,18-20H,6-11,13H2,1H3,(H,22,25)/t18-,19-,20+/m0/s1. The number of rotatable bonds is 4. The fraction of sp³-hybridized carbons (Fsp3) is 0.571. The van der Waals surface area contributed by atoms with Crippen LogP contribution in [-0.2, 0) is 23.1 Å². The van der Waals surface area contributed by atoms with Gasteiger partial charge < -0.3 is 14.6 Å². The summed E-state index contributed by atoms with van der Waals surface area (Å²) in [6.07, 6.45) is 7.40. The summed E-state index contributed by atoms with van der Waals surface area (Å²) in [7, 11) is 2.12. The second kappa shape index (κ2) is 6.39. The van der Waals surface area contributed by atoms with Crippen LogP contribution in [0.5, 0.6) is 0 Å². The maximum atomic E-state index is 12.3. The van der Waals surface area contributed by atoms with Crippen LogP contribution in [-0.4, -0.2) is 46.2 Å². The van der Waals surface area contributed by atoms with Crippen LogP contribution in [0.3, 0.4) is 0 Å². The van der Waals surface area contributed by atoms with E-state index in [1.165, 1.54) is 16.5 Å². The molecule has 0 unspecified atom stereocenters. The van der Waals surface area contributed by atoms with E-state index in [9.17, 15) is 4.79 Å². The van der Waals surface area contributed by atoms with Gasteiger partial charge in [0.2, 0.25) is 5.91 Å². The number of amides is 1. The molecule has 1 aliphatic carbocycles. The number of hydrogen-bond donors (Lipinski definition) is 1. The van der Waals surface area contributed by atoms with Gasteiger partial charge in [0, 0.05) is 49.3 Å². The van der Waals surface area contributed by atoms with Gasteiger partial charge >= 0.3 is 0 Å². The summed E-state index contributed by atoms with van der Waals surface area (Å²) in [5.74, 6) is 0.110. The average Bonchev–Trinajstić information content (AvgIpc) is 3.30. The van der Waals surface area contributed by atoms with E-state index in [0.717, 1.165) is 45.2 Å². The number of nitrogens with one attached hydrogen (secondary N) is 1. The van der Waals surface area contributed by atoms with Gasteiger partial charge in [-0.15, -0.1) is 0 Å². The Morgan fingerprint density at radius 3 is 2.88 bits per heavy atom. The van der Waals surface area contributed by atoms with Crippen LogP contribution in [0, 0.1) is 0 Å². The first kappa shape index (κ1) is 16.3. The lowest BCUT2D eigenvalue weighted by molar-refractivity contribution is -0.144. The topological polar surface area (TPSA) is 46.5 Å². The van der Waals surface area contributed by atoms with Crippen LogP contribution >= 0.6 is 0 Å². The van der Waals surface area contributed by atoms with Gasteiger partial charge in [0.15, 0.2) is 0 Å². The van der Waals surface area contributed by atoms with E-state index < -0.39 is 0 Å². The first-order valence-corrected chi connectivity index (χ1v) is 9.92. The number of carbonyl (C=O) groups is 1. The van der Waals surface area contributed by atoms with Crippen molar-refractivity contribution in [2.75, 3.05) is 6.54 Å². The zero-order valence-corrected chi connectivity index (χ0v) is 15.4. The summed E-state index contributed by atoms with van der Waals surface area (Å²) in [5.41, 5.74) is 2.67. The molecule has 3 fully saturated rings. The van der Waals surface area contributed by atoms with Crippen molar-refractivity contribution in [3.63, 3.8) is 0 Å². The second-order valence-electron chi connectivity index (χ2n) is 8.13. The maximum Gasteiger partial charge on any atom is 0.249 e. The van der Waals surface area contributed by atoms with Crippen LogP contribution in [0.4, 0.5) is 0 Å². The number of aryl methyl sites for hydroxylation is 1. The minimum atomic E-state index is -0.241. The molecule has 1 N–H and O–H groups in total. The van der Waals surface area contributed by atoms with Crippen LogP contribution in [0.25, 0.3) is 10.9 Å². The molecule has 3 atom stereocenters. The highest BCUT2D eigenvalue weighted by Gasteiger charge is 2.42. The van der Waals surface area contributed by atoms with Crippen molar-refractivity contribution in [1.29, 1.82) is 0 Å². The number of hydrogen-bond acceptors (Lipinski definition) is 3. The minimum absolute atomic E-state index is 0.110. The van der Waals surface area contributed by atoms with Crippen molar-refractivity contribution < 1.29 is 9.53 Å². The minimum Gasteiger partial charge on any atom is -0.363 e.